The van der Waals surface area contributed by atoms with Gasteiger partial charge in [-0.15, -0.1) is 11.3 Å². The van der Waals surface area contributed by atoms with Crippen molar-refractivity contribution >= 4 is 17.2 Å². The van der Waals surface area contributed by atoms with Crippen molar-refractivity contribution in [1.82, 2.24) is 10.2 Å². The third kappa shape index (κ3) is 2.00. The third-order valence-electron chi connectivity index (χ3n) is 3.86. The van der Waals surface area contributed by atoms with Crippen molar-refractivity contribution in [2.45, 2.75) is 31.7 Å². The molecule has 0 spiro atoms. The Bertz CT molecular complexity index is 413. The van der Waals surface area contributed by atoms with Gasteiger partial charge >= 0.3 is 0 Å². The van der Waals surface area contributed by atoms with Gasteiger partial charge in [0.2, 0.25) is 0 Å². The van der Waals surface area contributed by atoms with Crippen molar-refractivity contribution in [1.29, 1.82) is 0 Å². The SMILES string of the molecule is CN(C(=O)c1cc2c(s1)CCC2)C1CCNC1. The Labute approximate surface area is 106 Å². The van der Waals surface area contributed by atoms with Crippen LogP contribution in [0.4, 0.5) is 0 Å². The summed E-state index contributed by atoms with van der Waals surface area (Å²) in [5, 5.41) is 3.31. The van der Waals surface area contributed by atoms with Crippen LogP contribution < -0.4 is 5.32 Å². The lowest BCUT2D eigenvalue weighted by Crippen LogP contribution is -2.38. The van der Waals surface area contributed by atoms with Crippen LogP contribution in [0.2, 0.25) is 0 Å². The fourth-order valence-electron chi connectivity index (χ4n) is 2.74. The van der Waals surface area contributed by atoms with E-state index in [0.29, 0.717) is 6.04 Å². The zero-order valence-corrected chi connectivity index (χ0v) is 11.0. The van der Waals surface area contributed by atoms with Crippen LogP contribution in [0.3, 0.4) is 0 Å². The van der Waals surface area contributed by atoms with E-state index in [-0.39, 0.29) is 5.91 Å². The number of carbonyl (C=O) groups excluding carboxylic acids is 1. The molecular formula is C13H18N2OS. The highest BCUT2D eigenvalue weighted by atomic mass is 32.1. The summed E-state index contributed by atoms with van der Waals surface area (Å²) in [7, 11) is 1.94. The number of fused-ring (bicyclic) bond motifs is 1. The standard InChI is InChI=1S/C13H18N2OS/c1-15(10-5-6-14-8-10)13(16)12-7-9-3-2-4-11(9)17-12/h7,10,14H,2-6,8H2,1H3. The summed E-state index contributed by atoms with van der Waals surface area (Å²) in [5.74, 6) is 0.207. The molecule has 3 nitrogen and oxygen atoms in total. The Morgan fingerprint density at radius 2 is 2.41 bits per heavy atom. The maximum absolute atomic E-state index is 12.3. The van der Waals surface area contributed by atoms with Gasteiger partial charge in [0.1, 0.15) is 0 Å². The highest BCUT2D eigenvalue weighted by Gasteiger charge is 2.26. The van der Waals surface area contributed by atoms with E-state index < -0.39 is 0 Å². The maximum atomic E-state index is 12.3. The van der Waals surface area contributed by atoms with Crippen molar-refractivity contribution in [2.75, 3.05) is 20.1 Å². The van der Waals surface area contributed by atoms with E-state index in [0.717, 1.165) is 30.8 Å². The van der Waals surface area contributed by atoms with Gasteiger partial charge in [-0.3, -0.25) is 4.79 Å². The van der Waals surface area contributed by atoms with Crippen LogP contribution in [0, 0.1) is 0 Å². The van der Waals surface area contributed by atoms with Crippen LogP contribution in [-0.4, -0.2) is 37.0 Å². The van der Waals surface area contributed by atoms with Crippen molar-refractivity contribution in [3.8, 4) is 0 Å². The monoisotopic (exact) mass is 250 g/mol. The molecule has 17 heavy (non-hydrogen) atoms. The predicted octanol–water partition coefficient (Wildman–Crippen LogP) is 1.67. The Morgan fingerprint density at radius 3 is 3.12 bits per heavy atom. The van der Waals surface area contributed by atoms with Gasteiger partial charge in [0.25, 0.3) is 5.91 Å². The number of hydrogen-bond acceptors (Lipinski definition) is 3. The first-order valence-corrected chi connectivity index (χ1v) is 7.17. The van der Waals surface area contributed by atoms with E-state index in [1.165, 1.54) is 23.3 Å². The summed E-state index contributed by atoms with van der Waals surface area (Å²) in [6, 6.07) is 2.49. The van der Waals surface area contributed by atoms with Gasteiger partial charge in [-0.25, -0.2) is 0 Å². The predicted molar refractivity (Wildman–Crippen MR) is 69.7 cm³/mol. The minimum absolute atomic E-state index is 0.207. The molecule has 1 aromatic rings. The van der Waals surface area contributed by atoms with Crippen molar-refractivity contribution in [2.24, 2.45) is 0 Å². The topological polar surface area (TPSA) is 32.3 Å². The van der Waals surface area contributed by atoms with Crippen LogP contribution in [0.15, 0.2) is 6.07 Å². The van der Waals surface area contributed by atoms with Crippen molar-refractivity contribution in [3.63, 3.8) is 0 Å². The highest BCUT2D eigenvalue weighted by molar-refractivity contribution is 7.14. The number of likely N-dealkylation sites (N-methyl/N-ethyl adjacent to an activating group) is 1. The zero-order valence-electron chi connectivity index (χ0n) is 10.2. The minimum atomic E-state index is 0.207. The molecule has 4 heteroatoms. The number of amides is 1. The molecular weight excluding hydrogens is 232 g/mol. The summed E-state index contributed by atoms with van der Waals surface area (Å²) < 4.78 is 0. The second-order valence-electron chi connectivity index (χ2n) is 4.98. The molecule has 0 saturated carbocycles. The fraction of sp³-hybridized carbons (Fsp3) is 0.615. The Hall–Kier alpha value is -0.870. The van der Waals surface area contributed by atoms with Gasteiger partial charge in [0, 0.05) is 24.5 Å². The van der Waals surface area contributed by atoms with Gasteiger partial charge in [0.15, 0.2) is 0 Å². The quantitative estimate of drug-likeness (QED) is 0.866. The number of thiophene rings is 1. The number of carbonyl (C=O) groups is 1. The molecule has 0 bridgehead atoms. The zero-order chi connectivity index (χ0) is 11.8. The first-order valence-electron chi connectivity index (χ1n) is 6.35. The molecule has 1 saturated heterocycles. The third-order valence-corrected chi connectivity index (χ3v) is 5.08. The molecule has 0 aromatic carbocycles. The molecule has 1 aliphatic heterocycles. The van der Waals surface area contributed by atoms with Gasteiger partial charge in [0.05, 0.1) is 4.88 Å². The van der Waals surface area contributed by atoms with Gasteiger partial charge in [-0.05, 0) is 43.9 Å². The number of hydrogen-bond donors (Lipinski definition) is 1. The Balaban J connectivity index is 1.76. The number of nitrogens with one attached hydrogen (secondary N) is 1. The smallest absolute Gasteiger partial charge is 0.263 e. The highest BCUT2D eigenvalue weighted by Crippen LogP contribution is 2.31. The lowest BCUT2D eigenvalue weighted by molar-refractivity contribution is 0.0748. The molecule has 1 N–H and O–H groups in total. The summed E-state index contributed by atoms with van der Waals surface area (Å²) >= 11 is 1.71. The van der Waals surface area contributed by atoms with Crippen LogP contribution >= 0.6 is 11.3 Å². The van der Waals surface area contributed by atoms with Crippen LogP contribution in [-0.2, 0) is 12.8 Å². The number of aryl methyl sites for hydroxylation is 2. The molecule has 1 aromatic heterocycles. The molecule has 1 amide bonds. The first-order chi connectivity index (χ1) is 8.25. The Morgan fingerprint density at radius 1 is 1.53 bits per heavy atom. The molecule has 3 rings (SSSR count). The Kier molecular flexibility index (Phi) is 2.92. The molecule has 0 radical (unpaired) electrons. The van der Waals surface area contributed by atoms with Crippen LogP contribution in [0.1, 0.15) is 33.0 Å². The maximum Gasteiger partial charge on any atom is 0.263 e. The lowest BCUT2D eigenvalue weighted by atomic mass is 10.2. The summed E-state index contributed by atoms with van der Waals surface area (Å²) in [5.41, 5.74) is 1.41. The lowest BCUT2D eigenvalue weighted by Gasteiger charge is -2.23. The second kappa shape index (κ2) is 4.42. The molecule has 2 heterocycles. The minimum Gasteiger partial charge on any atom is -0.337 e. The normalized spacial score (nSPS) is 22.8. The van der Waals surface area contributed by atoms with E-state index in [1.807, 2.05) is 11.9 Å². The van der Waals surface area contributed by atoms with E-state index in [1.54, 1.807) is 11.3 Å². The molecule has 1 atom stereocenters. The first kappa shape index (κ1) is 11.2. The van der Waals surface area contributed by atoms with E-state index in [4.69, 9.17) is 0 Å². The second-order valence-corrected chi connectivity index (χ2v) is 6.11. The van der Waals surface area contributed by atoms with Crippen molar-refractivity contribution < 1.29 is 4.79 Å². The van der Waals surface area contributed by atoms with Gasteiger partial charge in [-0.2, -0.15) is 0 Å². The van der Waals surface area contributed by atoms with Gasteiger partial charge < -0.3 is 10.2 Å². The average molecular weight is 250 g/mol. The fourth-order valence-corrected chi connectivity index (χ4v) is 3.98. The molecule has 1 fully saturated rings. The number of nitrogens with zero attached hydrogens (tertiary/aromatic N) is 1. The molecule has 1 aliphatic carbocycles. The van der Waals surface area contributed by atoms with Crippen molar-refractivity contribution in [3.05, 3.63) is 21.4 Å². The van der Waals surface area contributed by atoms with E-state index in [2.05, 4.69) is 11.4 Å². The number of rotatable bonds is 2. The average Bonchev–Trinajstić information content (AvgIpc) is 3.01. The molecule has 2 aliphatic rings. The summed E-state index contributed by atoms with van der Waals surface area (Å²) in [4.78, 5) is 16.6. The van der Waals surface area contributed by atoms with E-state index >= 15 is 0 Å². The summed E-state index contributed by atoms with van der Waals surface area (Å²) in [6.07, 6.45) is 4.67. The largest absolute Gasteiger partial charge is 0.337 e. The molecule has 92 valence electrons. The van der Waals surface area contributed by atoms with Crippen LogP contribution in [0.5, 0.6) is 0 Å². The van der Waals surface area contributed by atoms with Crippen LogP contribution in [0.25, 0.3) is 0 Å². The van der Waals surface area contributed by atoms with Gasteiger partial charge in [-0.1, -0.05) is 0 Å². The van der Waals surface area contributed by atoms with E-state index in [9.17, 15) is 4.79 Å². The summed E-state index contributed by atoms with van der Waals surface area (Å²) in [6.45, 7) is 1.97. The molecule has 1 unspecified atom stereocenters.